The van der Waals surface area contributed by atoms with Crippen LogP contribution in [0.2, 0.25) is 0 Å². The van der Waals surface area contributed by atoms with E-state index in [1.54, 1.807) is 24.3 Å². The molecule has 8 nitrogen and oxygen atoms in total. The Kier molecular flexibility index (Phi) is 7.81. The maximum Gasteiger partial charge on any atom is 0.452 e. The first-order valence-electron chi connectivity index (χ1n) is 12.8. The van der Waals surface area contributed by atoms with Gasteiger partial charge in [-0.15, -0.1) is 0 Å². The second kappa shape index (κ2) is 11.6. The summed E-state index contributed by atoms with van der Waals surface area (Å²) in [4.78, 5) is 35.3. The summed E-state index contributed by atoms with van der Waals surface area (Å²) < 4.78 is 45.6. The number of nitrogens with zero attached hydrogens (tertiary/aromatic N) is 3. The highest BCUT2D eigenvalue weighted by Crippen LogP contribution is 2.35. The van der Waals surface area contributed by atoms with E-state index in [-0.39, 0.29) is 23.5 Å². The van der Waals surface area contributed by atoms with Crippen LogP contribution in [0.4, 0.5) is 24.7 Å². The zero-order chi connectivity index (χ0) is 28.1. The van der Waals surface area contributed by atoms with E-state index in [9.17, 15) is 22.8 Å². The fourth-order valence-electron chi connectivity index (χ4n) is 4.48. The maximum absolute atomic E-state index is 13.6. The Bertz CT molecular complexity index is 1450. The number of amides is 2. The molecular formula is C29H26F3N5O3. The molecule has 0 unspecified atom stereocenters. The zero-order valence-electron chi connectivity index (χ0n) is 21.3. The van der Waals surface area contributed by atoms with Gasteiger partial charge in [0.15, 0.2) is 5.69 Å². The Morgan fingerprint density at radius 3 is 2.25 bits per heavy atom. The second-order valence-electron chi connectivity index (χ2n) is 9.41. The molecule has 2 aromatic carbocycles. The van der Waals surface area contributed by atoms with Gasteiger partial charge in [0.2, 0.25) is 17.6 Å². The first-order chi connectivity index (χ1) is 19.3. The molecular weight excluding hydrogens is 523 g/mol. The molecule has 4 aromatic rings. The number of aromatic nitrogens is 2. The first kappa shape index (κ1) is 26.9. The highest BCUT2D eigenvalue weighted by Gasteiger charge is 2.42. The van der Waals surface area contributed by atoms with Crippen molar-refractivity contribution < 1.29 is 27.2 Å². The van der Waals surface area contributed by atoms with E-state index >= 15 is 0 Å². The van der Waals surface area contributed by atoms with Crippen molar-refractivity contribution in [3.8, 4) is 11.5 Å². The number of piperidine rings is 1. The summed E-state index contributed by atoms with van der Waals surface area (Å²) in [5, 5.41) is 5.72. The van der Waals surface area contributed by atoms with Crippen LogP contribution in [-0.2, 0) is 17.4 Å². The van der Waals surface area contributed by atoms with Gasteiger partial charge in [0.1, 0.15) is 5.82 Å². The third-order valence-corrected chi connectivity index (χ3v) is 6.54. The predicted octanol–water partition coefficient (Wildman–Crippen LogP) is 5.65. The Hall–Kier alpha value is -4.67. The molecule has 0 aliphatic carbocycles. The number of alkyl halides is 3. The molecule has 1 aliphatic heterocycles. The lowest BCUT2D eigenvalue weighted by Crippen LogP contribution is -2.43. The minimum absolute atomic E-state index is 0.0968. The summed E-state index contributed by atoms with van der Waals surface area (Å²) in [5.41, 5.74) is 0.644. The van der Waals surface area contributed by atoms with E-state index in [4.69, 9.17) is 4.42 Å². The zero-order valence-corrected chi connectivity index (χ0v) is 21.3. The SMILES string of the molecule is O=C(Nc1ccc(NC2CCN(C(=O)Cc3ccccc3)CC2)nc1)c1nc(-c2ccccc2)oc1C(F)(F)F. The lowest BCUT2D eigenvalue weighted by molar-refractivity contribution is -0.153. The number of rotatable bonds is 7. The molecule has 11 heteroatoms. The number of pyridine rings is 1. The van der Waals surface area contributed by atoms with Gasteiger partial charge in [0.25, 0.3) is 5.91 Å². The van der Waals surface area contributed by atoms with Crippen molar-refractivity contribution in [2.45, 2.75) is 31.5 Å². The van der Waals surface area contributed by atoms with Crippen molar-refractivity contribution in [3.63, 3.8) is 0 Å². The highest BCUT2D eigenvalue weighted by atomic mass is 19.4. The summed E-state index contributed by atoms with van der Waals surface area (Å²) in [6.07, 6.45) is -1.68. The average Bonchev–Trinajstić information content (AvgIpc) is 3.42. The Balaban J connectivity index is 1.17. The van der Waals surface area contributed by atoms with Crippen LogP contribution in [-0.4, -0.2) is 45.8 Å². The molecule has 5 rings (SSSR count). The van der Waals surface area contributed by atoms with Crippen LogP contribution in [0.1, 0.15) is 34.7 Å². The van der Waals surface area contributed by atoms with Crippen LogP contribution in [0.5, 0.6) is 0 Å². The Morgan fingerprint density at radius 1 is 0.950 bits per heavy atom. The summed E-state index contributed by atoms with van der Waals surface area (Å²) in [6.45, 7) is 1.25. The normalized spacial score (nSPS) is 14.1. The number of likely N-dealkylation sites (tertiary alicyclic amines) is 1. The van der Waals surface area contributed by atoms with Gasteiger partial charge in [-0.25, -0.2) is 9.97 Å². The molecule has 1 aliphatic rings. The van der Waals surface area contributed by atoms with Gasteiger partial charge in [0, 0.05) is 24.7 Å². The number of nitrogens with one attached hydrogen (secondary N) is 2. The number of carbonyl (C=O) groups excluding carboxylic acids is 2. The monoisotopic (exact) mass is 549 g/mol. The smallest absolute Gasteiger partial charge is 0.431 e. The highest BCUT2D eigenvalue weighted by molar-refractivity contribution is 6.04. The molecule has 1 saturated heterocycles. The summed E-state index contributed by atoms with van der Waals surface area (Å²) in [5.74, 6) is -2.18. The van der Waals surface area contributed by atoms with E-state index in [0.29, 0.717) is 30.9 Å². The fraction of sp³-hybridized carbons (Fsp3) is 0.241. The van der Waals surface area contributed by atoms with Gasteiger partial charge in [-0.3, -0.25) is 9.59 Å². The number of hydrogen-bond acceptors (Lipinski definition) is 6. The van der Waals surface area contributed by atoms with Gasteiger partial charge in [-0.2, -0.15) is 13.2 Å². The van der Waals surface area contributed by atoms with Crippen molar-refractivity contribution in [2.24, 2.45) is 0 Å². The quantitative estimate of drug-likeness (QED) is 0.309. The number of anilines is 2. The third-order valence-electron chi connectivity index (χ3n) is 6.54. The van der Waals surface area contributed by atoms with Crippen LogP contribution >= 0.6 is 0 Å². The molecule has 40 heavy (non-hydrogen) atoms. The molecule has 0 bridgehead atoms. The molecule has 2 amide bonds. The van der Waals surface area contributed by atoms with E-state index in [1.807, 2.05) is 35.2 Å². The number of benzene rings is 2. The van der Waals surface area contributed by atoms with E-state index in [0.717, 1.165) is 18.4 Å². The molecule has 2 N–H and O–H groups in total. The minimum Gasteiger partial charge on any atom is -0.431 e. The third kappa shape index (κ3) is 6.48. The Labute approximate surface area is 228 Å². The molecule has 0 atom stereocenters. The molecule has 0 spiro atoms. The summed E-state index contributed by atoms with van der Waals surface area (Å²) in [6, 6.07) is 20.9. The lowest BCUT2D eigenvalue weighted by Gasteiger charge is -2.32. The van der Waals surface area contributed by atoms with Gasteiger partial charge in [-0.05, 0) is 42.7 Å². The molecule has 0 saturated carbocycles. The molecule has 2 aromatic heterocycles. The first-order valence-corrected chi connectivity index (χ1v) is 12.8. The van der Waals surface area contributed by atoms with Gasteiger partial charge in [-0.1, -0.05) is 48.5 Å². The number of halogens is 3. The van der Waals surface area contributed by atoms with Crippen LogP contribution < -0.4 is 10.6 Å². The minimum atomic E-state index is -4.90. The standard InChI is InChI=1S/C29H26F3N5O3/c30-29(31,32)26-25(36-28(40-26)20-9-5-2-6-10-20)27(39)35-22-11-12-23(33-18-22)34-21-13-15-37(16-14-21)24(38)17-19-7-3-1-4-8-19/h1-12,18,21H,13-17H2,(H,33,34)(H,35,39). The molecule has 3 heterocycles. The van der Waals surface area contributed by atoms with Crippen molar-refractivity contribution in [1.82, 2.24) is 14.9 Å². The van der Waals surface area contributed by atoms with E-state index in [1.165, 1.54) is 24.4 Å². The van der Waals surface area contributed by atoms with Gasteiger partial charge in [0.05, 0.1) is 18.3 Å². The average molecular weight is 550 g/mol. The van der Waals surface area contributed by atoms with E-state index in [2.05, 4.69) is 20.6 Å². The van der Waals surface area contributed by atoms with Gasteiger partial charge < -0.3 is 20.0 Å². The summed E-state index contributed by atoms with van der Waals surface area (Å²) in [7, 11) is 0. The second-order valence-corrected chi connectivity index (χ2v) is 9.41. The Morgan fingerprint density at radius 2 is 1.62 bits per heavy atom. The van der Waals surface area contributed by atoms with Gasteiger partial charge >= 0.3 is 6.18 Å². The number of hydrogen-bond donors (Lipinski definition) is 2. The predicted molar refractivity (Wildman–Crippen MR) is 143 cm³/mol. The van der Waals surface area contributed by atoms with Crippen molar-refractivity contribution in [3.05, 3.63) is 96.0 Å². The van der Waals surface area contributed by atoms with Crippen LogP contribution in [0.3, 0.4) is 0 Å². The topological polar surface area (TPSA) is 100 Å². The van der Waals surface area contributed by atoms with Crippen LogP contribution in [0, 0.1) is 0 Å². The van der Waals surface area contributed by atoms with Crippen LogP contribution in [0.25, 0.3) is 11.5 Å². The van der Waals surface area contributed by atoms with Crippen LogP contribution in [0.15, 0.2) is 83.4 Å². The number of oxazole rings is 1. The fourth-order valence-corrected chi connectivity index (χ4v) is 4.48. The summed E-state index contributed by atoms with van der Waals surface area (Å²) >= 11 is 0. The lowest BCUT2D eigenvalue weighted by atomic mass is 10.0. The molecule has 1 fully saturated rings. The van der Waals surface area contributed by atoms with Crippen molar-refractivity contribution in [2.75, 3.05) is 23.7 Å². The number of carbonyl (C=O) groups is 2. The maximum atomic E-state index is 13.6. The van der Waals surface area contributed by atoms with Crippen molar-refractivity contribution in [1.29, 1.82) is 0 Å². The van der Waals surface area contributed by atoms with Crippen molar-refractivity contribution >= 4 is 23.3 Å². The molecule has 0 radical (unpaired) electrons. The van der Waals surface area contributed by atoms with E-state index < -0.39 is 23.5 Å². The molecule has 206 valence electrons. The largest absolute Gasteiger partial charge is 0.452 e.